The van der Waals surface area contributed by atoms with Gasteiger partial charge < -0.3 is 5.11 Å². The Morgan fingerprint density at radius 1 is 1.33 bits per heavy atom. The third-order valence-electron chi connectivity index (χ3n) is 2.75. The molecular weight excluding hydrogens is 176 g/mol. The van der Waals surface area contributed by atoms with Gasteiger partial charge in [-0.1, -0.05) is 26.2 Å². The van der Waals surface area contributed by atoms with Gasteiger partial charge in [-0.15, -0.1) is 12.4 Å². The maximum absolute atomic E-state index is 10.6. The zero-order valence-electron chi connectivity index (χ0n) is 7.45. The van der Waals surface area contributed by atoms with E-state index < -0.39 is 5.97 Å². The summed E-state index contributed by atoms with van der Waals surface area (Å²) in [5.41, 5.74) is 0. The van der Waals surface area contributed by atoms with Gasteiger partial charge in [-0.2, -0.15) is 0 Å². The molecule has 1 rings (SSSR count). The van der Waals surface area contributed by atoms with Crippen LogP contribution >= 0.6 is 12.4 Å². The lowest BCUT2D eigenvalue weighted by molar-refractivity contribution is -0.143. The van der Waals surface area contributed by atoms with E-state index in [4.69, 9.17) is 5.11 Å². The van der Waals surface area contributed by atoms with E-state index in [0.29, 0.717) is 5.92 Å². The molecule has 0 aromatic heterocycles. The van der Waals surface area contributed by atoms with Crippen molar-refractivity contribution < 1.29 is 9.90 Å². The molecule has 0 heterocycles. The highest BCUT2D eigenvalue weighted by Gasteiger charge is 2.24. The number of hydrogen-bond donors (Lipinski definition) is 1. The maximum atomic E-state index is 10.6. The molecule has 1 aliphatic rings. The smallest absolute Gasteiger partial charge is 0.306 e. The van der Waals surface area contributed by atoms with Crippen molar-refractivity contribution in [2.45, 2.75) is 39.0 Å². The van der Waals surface area contributed by atoms with Crippen LogP contribution in [-0.2, 0) is 4.79 Å². The van der Waals surface area contributed by atoms with Gasteiger partial charge in [0.1, 0.15) is 0 Å². The van der Waals surface area contributed by atoms with E-state index in [9.17, 15) is 4.79 Å². The van der Waals surface area contributed by atoms with Gasteiger partial charge in [0.2, 0.25) is 0 Å². The molecule has 1 N–H and O–H groups in total. The zero-order valence-corrected chi connectivity index (χ0v) is 8.27. The van der Waals surface area contributed by atoms with E-state index in [2.05, 4.69) is 0 Å². The average Bonchev–Trinajstić information content (AvgIpc) is 2.05. The first kappa shape index (κ1) is 11.8. The van der Waals surface area contributed by atoms with Crippen molar-refractivity contribution in [3.05, 3.63) is 0 Å². The summed E-state index contributed by atoms with van der Waals surface area (Å²) >= 11 is 0. The lowest BCUT2D eigenvalue weighted by Crippen LogP contribution is -2.22. The van der Waals surface area contributed by atoms with Crippen molar-refractivity contribution in [1.82, 2.24) is 0 Å². The number of hydrogen-bond acceptors (Lipinski definition) is 1. The van der Waals surface area contributed by atoms with Crippen LogP contribution in [0, 0.1) is 11.8 Å². The van der Waals surface area contributed by atoms with Gasteiger partial charge in [-0.05, 0) is 18.8 Å². The highest BCUT2D eigenvalue weighted by Crippen LogP contribution is 2.29. The molecule has 1 aliphatic carbocycles. The van der Waals surface area contributed by atoms with Crippen LogP contribution in [0.2, 0.25) is 0 Å². The molecule has 1 fully saturated rings. The Morgan fingerprint density at radius 2 is 1.83 bits per heavy atom. The third-order valence-corrected chi connectivity index (χ3v) is 2.75. The second kappa shape index (κ2) is 5.41. The quantitative estimate of drug-likeness (QED) is 0.731. The number of halogens is 1. The highest BCUT2D eigenvalue weighted by molar-refractivity contribution is 5.85. The summed E-state index contributed by atoms with van der Waals surface area (Å²) < 4.78 is 0. The minimum atomic E-state index is -0.628. The van der Waals surface area contributed by atoms with Crippen molar-refractivity contribution in [2.75, 3.05) is 0 Å². The Balaban J connectivity index is 0.00000121. The lowest BCUT2D eigenvalue weighted by Gasteiger charge is -2.24. The van der Waals surface area contributed by atoms with Crippen LogP contribution < -0.4 is 0 Å². The third kappa shape index (κ3) is 3.02. The molecule has 0 aromatic carbocycles. The molecule has 0 aromatic rings. The molecule has 0 saturated heterocycles. The molecule has 3 heteroatoms. The highest BCUT2D eigenvalue weighted by atomic mass is 35.5. The summed E-state index contributed by atoms with van der Waals surface area (Å²) in [5.74, 6) is -0.312. The van der Waals surface area contributed by atoms with Crippen LogP contribution in [0.3, 0.4) is 0 Å². The number of carboxylic acid groups (broad SMARTS) is 1. The molecule has 0 radical (unpaired) electrons. The molecular formula is C9H17ClO2. The fraction of sp³-hybridized carbons (Fsp3) is 0.889. The maximum Gasteiger partial charge on any atom is 0.306 e. The number of carbonyl (C=O) groups is 1. The molecule has 1 saturated carbocycles. The zero-order chi connectivity index (χ0) is 8.27. The van der Waals surface area contributed by atoms with Gasteiger partial charge in [-0.25, -0.2) is 0 Å². The van der Waals surface area contributed by atoms with E-state index in [-0.39, 0.29) is 18.3 Å². The van der Waals surface area contributed by atoms with Crippen LogP contribution in [0.5, 0.6) is 0 Å². The van der Waals surface area contributed by atoms with E-state index in [1.54, 1.807) is 0 Å². The molecule has 0 spiro atoms. The summed E-state index contributed by atoms with van der Waals surface area (Å²) in [5, 5.41) is 8.73. The first-order valence-corrected chi connectivity index (χ1v) is 4.44. The van der Waals surface area contributed by atoms with Crippen molar-refractivity contribution in [1.29, 1.82) is 0 Å². The molecule has 72 valence electrons. The summed E-state index contributed by atoms with van der Waals surface area (Å²) in [4.78, 5) is 10.6. The number of carboxylic acids is 1. The SMILES string of the molecule is CC(C(=O)O)C1CCCCC1.Cl. The predicted molar refractivity (Wildman–Crippen MR) is 50.6 cm³/mol. The molecule has 0 aliphatic heterocycles. The van der Waals surface area contributed by atoms with Gasteiger partial charge in [-0.3, -0.25) is 4.79 Å². The van der Waals surface area contributed by atoms with Gasteiger partial charge in [0, 0.05) is 0 Å². The minimum absolute atomic E-state index is 0. The number of rotatable bonds is 2. The van der Waals surface area contributed by atoms with Gasteiger partial charge >= 0.3 is 5.97 Å². The standard InChI is InChI=1S/C9H16O2.ClH/c1-7(9(10)11)8-5-3-2-4-6-8;/h7-8H,2-6H2,1H3,(H,10,11);1H. The van der Waals surface area contributed by atoms with E-state index in [0.717, 1.165) is 12.8 Å². The predicted octanol–water partition coefficient (Wildman–Crippen LogP) is 2.71. The van der Waals surface area contributed by atoms with Gasteiger partial charge in [0.25, 0.3) is 0 Å². The summed E-state index contributed by atoms with van der Waals surface area (Å²) in [6, 6.07) is 0. The van der Waals surface area contributed by atoms with Gasteiger partial charge in [0.15, 0.2) is 0 Å². The minimum Gasteiger partial charge on any atom is -0.481 e. The monoisotopic (exact) mass is 192 g/mol. The van der Waals surface area contributed by atoms with E-state index >= 15 is 0 Å². The van der Waals surface area contributed by atoms with Crippen molar-refractivity contribution in [3.63, 3.8) is 0 Å². The van der Waals surface area contributed by atoms with Crippen LogP contribution in [0.25, 0.3) is 0 Å². The molecule has 1 atom stereocenters. The molecule has 2 nitrogen and oxygen atoms in total. The Labute approximate surface area is 79.8 Å². The topological polar surface area (TPSA) is 37.3 Å². The number of aliphatic carboxylic acids is 1. The summed E-state index contributed by atoms with van der Waals surface area (Å²) in [6.07, 6.45) is 5.98. The Morgan fingerprint density at radius 3 is 2.25 bits per heavy atom. The normalized spacial score (nSPS) is 21.1. The first-order chi connectivity index (χ1) is 5.22. The van der Waals surface area contributed by atoms with Crippen molar-refractivity contribution >= 4 is 18.4 Å². The Bertz CT molecular complexity index is 141. The molecule has 1 unspecified atom stereocenters. The fourth-order valence-electron chi connectivity index (χ4n) is 1.84. The second-order valence-electron chi connectivity index (χ2n) is 3.53. The average molecular weight is 193 g/mol. The lowest BCUT2D eigenvalue weighted by atomic mass is 9.81. The Kier molecular flexibility index (Phi) is 5.31. The van der Waals surface area contributed by atoms with Crippen molar-refractivity contribution in [3.8, 4) is 0 Å². The Hall–Kier alpha value is -0.240. The molecule has 0 amide bonds. The fourth-order valence-corrected chi connectivity index (χ4v) is 1.84. The largest absolute Gasteiger partial charge is 0.481 e. The summed E-state index contributed by atoms with van der Waals surface area (Å²) in [6.45, 7) is 1.83. The van der Waals surface area contributed by atoms with E-state index in [1.165, 1.54) is 19.3 Å². The van der Waals surface area contributed by atoms with Crippen LogP contribution in [0.1, 0.15) is 39.0 Å². The van der Waals surface area contributed by atoms with Crippen molar-refractivity contribution in [2.24, 2.45) is 11.8 Å². The van der Waals surface area contributed by atoms with Crippen LogP contribution in [-0.4, -0.2) is 11.1 Å². The van der Waals surface area contributed by atoms with E-state index in [1.807, 2.05) is 6.92 Å². The second-order valence-corrected chi connectivity index (χ2v) is 3.53. The summed E-state index contributed by atoms with van der Waals surface area (Å²) in [7, 11) is 0. The van der Waals surface area contributed by atoms with Crippen LogP contribution in [0.4, 0.5) is 0 Å². The van der Waals surface area contributed by atoms with Gasteiger partial charge in [0.05, 0.1) is 5.92 Å². The molecule has 0 bridgehead atoms. The molecule has 12 heavy (non-hydrogen) atoms. The van der Waals surface area contributed by atoms with Crippen LogP contribution in [0.15, 0.2) is 0 Å². The first-order valence-electron chi connectivity index (χ1n) is 4.44.